The van der Waals surface area contributed by atoms with Gasteiger partial charge in [0.25, 0.3) is 0 Å². The zero-order chi connectivity index (χ0) is 17.4. The molecule has 6 heteroatoms. The van der Waals surface area contributed by atoms with E-state index in [2.05, 4.69) is 9.88 Å². The molecule has 2 heterocycles. The number of nitrogens with one attached hydrogen (secondary N) is 1. The van der Waals surface area contributed by atoms with Crippen molar-refractivity contribution in [2.24, 2.45) is 0 Å². The SMILES string of the molecule is CS(=O)(=O)c1cccc(CN2CCCC2c2nc3ccccc3[nH]2)c1. The predicted octanol–water partition coefficient (Wildman–Crippen LogP) is 3.30. The molecule has 0 saturated carbocycles. The number of likely N-dealkylation sites (tertiary alicyclic amines) is 1. The van der Waals surface area contributed by atoms with Crippen LogP contribution in [0.4, 0.5) is 0 Å². The fourth-order valence-corrected chi connectivity index (χ4v) is 4.26. The van der Waals surface area contributed by atoms with Crippen molar-refractivity contribution in [3.05, 3.63) is 59.9 Å². The second kappa shape index (κ2) is 6.28. The van der Waals surface area contributed by atoms with Gasteiger partial charge in [-0.25, -0.2) is 13.4 Å². The largest absolute Gasteiger partial charge is 0.341 e. The van der Waals surface area contributed by atoms with E-state index in [0.717, 1.165) is 48.4 Å². The predicted molar refractivity (Wildman–Crippen MR) is 98.0 cm³/mol. The Morgan fingerprint density at radius 1 is 1.20 bits per heavy atom. The highest BCUT2D eigenvalue weighted by atomic mass is 32.2. The van der Waals surface area contributed by atoms with Crippen molar-refractivity contribution >= 4 is 20.9 Å². The lowest BCUT2D eigenvalue weighted by Gasteiger charge is -2.23. The number of imidazole rings is 1. The van der Waals surface area contributed by atoms with Crippen LogP contribution in [0, 0.1) is 0 Å². The molecule has 1 N–H and O–H groups in total. The maximum Gasteiger partial charge on any atom is 0.175 e. The van der Waals surface area contributed by atoms with Gasteiger partial charge >= 0.3 is 0 Å². The molecule has 25 heavy (non-hydrogen) atoms. The summed E-state index contributed by atoms with van der Waals surface area (Å²) in [6.07, 6.45) is 3.43. The Labute approximate surface area is 147 Å². The van der Waals surface area contributed by atoms with Crippen molar-refractivity contribution in [3.8, 4) is 0 Å². The molecule has 130 valence electrons. The molecule has 3 aromatic rings. The number of rotatable bonds is 4. The quantitative estimate of drug-likeness (QED) is 0.780. The second-order valence-electron chi connectivity index (χ2n) is 6.69. The molecular weight excluding hydrogens is 334 g/mol. The van der Waals surface area contributed by atoms with Crippen LogP contribution in [0.25, 0.3) is 11.0 Å². The van der Waals surface area contributed by atoms with Crippen LogP contribution in [0.2, 0.25) is 0 Å². The van der Waals surface area contributed by atoms with Crippen LogP contribution >= 0.6 is 0 Å². The van der Waals surface area contributed by atoms with Gasteiger partial charge in [0, 0.05) is 12.8 Å². The summed E-state index contributed by atoms with van der Waals surface area (Å²) in [5.74, 6) is 0.998. The first-order chi connectivity index (χ1) is 12.0. The highest BCUT2D eigenvalue weighted by Crippen LogP contribution is 2.32. The Kier molecular flexibility index (Phi) is 4.09. The fourth-order valence-electron chi connectivity index (χ4n) is 3.56. The molecule has 1 fully saturated rings. The Bertz CT molecular complexity index is 977. The minimum atomic E-state index is -3.18. The number of aromatic amines is 1. The molecule has 5 nitrogen and oxygen atoms in total. The molecule has 0 radical (unpaired) electrons. The van der Waals surface area contributed by atoms with Crippen LogP contribution in [-0.2, 0) is 16.4 Å². The molecular formula is C19H21N3O2S. The van der Waals surface area contributed by atoms with Crippen LogP contribution in [0.15, 0.2) is 53.4 Å². The Morgan fingerprint density at radius 2 is 2.04 bits per heavy atom. The summed E-state index contributed by atoms with van der Waals surface area (Å²) in [6, 6.07) is 15.5. The lowest BCUT2D eigenvalue weighted by molar-refractivity contribution is 0.241. The summed E-state index contributed by atoms with van der Waals surface area (Å²) in [6.45, 7) is 1.72. The van der Waals surface area contributed by atoms with Gasteiger partial charge in [-0.2, -0.15) is 0 Å². The average molecular weight is 355 g/mol. The van der Waals surface area contributed by atoms with Crippen molar-refractivity contribution in [2.45, 2.75) is 30.3 Å². The number of fused-ring (bicyclic) bond motifs is 1. The van der Waals surface area contributed by atoms with E-state index in [9.17, 15) is 8.42 Å². The van der Waals surface area contributed by atoms with Gasteiger partial charge in [0.15, 0.2) is 9.84 Å². The third-order valence-corrected chi connectivity index (χ3v) is 5.91. The second-order valence-corrected chi connectivity index (χ2v) is 8.70. The summed E-state index contributed by atoms with van der Waals surface area (Å²) < 4.78 is 23.6. The van der Waals surface area contributed by atoms with Gasteiger partial charge in [-0.1, -0.05) is 24.3 Å². The first-order valence-corrected chi connectivity index (χ1v) is 10.4. The standard InChI is InChI=1S/C19H21N3O2S/c1-25(23,24)15-7-4-6-14(12-15)13-22-11-5-10-18(22)19-20-16-8-2-3-9-17(16)21-19/h2-4,6-9,12,18H,5,10-11,13H2,1H3,(H,20,21). The number of para-hydroxylation sites is 2. The van der Waals surface area contributed by atoms with Gasteiger partial charge < -0.3 is 4.98 Å². The molecule has 1 saturated heterocycles. The van der Waals surface area contributed by atoms with Gasteiger partial charge in [-0.05, 0) is 49.2 Å². The zero-order valence-electron chi connectivity index (χ0n) is 14.1. The maximum absolute atomic E-state index is 11.8. The number of nitrogens with zero attached hydrogens (tertiary/aromatic N) is 2. The third-order valence-electron chi connectivity index (χ3n) is 4.80. The Morgan fingerprint density at radius 3 is 2.84 bits per heavy atom. The van der Waals surface area contributed by atoms with Crippen LogP contribution in [0.3, 0.4) is 0 Å². The first-order valence-electron chi connectivity index (χ1n) is 8.48. The summed E-state index contributed by atoms with van der Waals surface area (Å²) in [5, 5.41) is 0. The van der Waals surface area contributed by atoms with Crippen LogP contribution in [0.1, 0.15) is 30.3 Å². The van der Waals surface area contributed by atoms with Crippen molar-refractivity contribution < 1.29 is 8.42 Å². The van der Waals surface area contributed by atoms with E-state index in [0.29, 0.717) is 4.90 Å². The van der Waals surface area contributed by atoms with Crippen LogP contribution in [0.5, 0.6) is 0 Å². The number of hydrogen-bond acceptors (Lipinski definition) is 4. The molecule has 1 aliphatic rings. The number of H-pyrrole nitrogens is 1. The van der Waals surface area contributed by atoms with Gasteiger partial charge in [0.05, 0.1) is 22.0 Å². The lowest BCUT2D eigenvalue weighted by atomic mass is 10.1. The van der Waals surface area contributed by atoms with Crippen molar-refractivity contribution in [1.82, 2.24) is 14.9 Å². The van der Waals surface area contributed by atoms with Crippen molar-refractivity contribution in [1.29, 1.82) is 0 Å². The molecule has 2 aromatic carbocycles. The van der Waals surface area contributed by atoms with Gasteiger partial charge in [0.2, 0.25) is 0 Å². The van der Waals surface area contributed by atoms with E-state index in [1.165, 1.54) is 6.26 Å². The average Bonchev–Trinajstić information content (AvgIpc) is 3.20. The van der Waals surface area contributed by atoms with Crippen LogP contribution in [-0.4, -0.2) is 36.1 Å². The smallest absolute Gasteiger partial charge is 0.175 e. The summed E-state index contributed by atoms with van der Waals surface area (Å²) in [7, 11) is -3.18. The first kappa shape index (κ1) is 16.3. The highest BCUT2D eigenvalue weighted by Gasteiger charge is 2.28. The van der Waals surface area contributed by atoms with Crippen molar-refractivity contribution in [3.63, 3.8) is 0 Å². The summed E-state index contributed by atoms with van der Waals surface area (Å²) >= 11 is 0. The van der Waals surface area contributed by atoms with Crippen LogP contribution < -0.4 is 0 Å². The molecule has 0 aliphatic carbocycles. The molecule has 0 amide bonds. The van der Waals surface area contributed by atoms with E-state index in [1.807, 2.05) is 36.4 Å². The number of hydrogen-bond donors (Lipinski definition) is 1. The topological polar surface area (TPSA) is 66.1 Å². The molecule has 1 unspecified atom stereocenters. The molecule has 0 spiro atoms. The molecule has 1 aliphatic heterocycles. The zero-order valence-corrected chi connectivity index (χ0v) is 15.0. The van der Waals surface area contributed by atoms with Gasteiger partial charge in [0.1, 0.15) is 5.82 Å². The van der Waals surface area contributed by atoms with E-state index < -0.39 is 9.84 Å². The van der Waals surface area contributed by atoms with E-state index >= 15 is 0 Å². The van der Waals surface area contributed by atoms with E-state index in [1.54, 1.807) is 12.1 Å². The molecule has 4 rings (SSSR count). The fraction of sp³-hybridized carbons (Fsp3) is 0.316. The maximum atomic E-state index is 11.8. The Hall–Kier alpha value is -2.18. The molecule has 1 atom stereocenters. The van der Waals surface area contributed by atoms with Gasteiger partial charge in [-0.3, -0.25) is 4.90 Å². The third kappa shape index (κ3) is 3.32. The lowest BCUT2D eigenvalue weighted by Crippen LogP contribution is -2.23. The molecule has 1 aromatic heterocycles. The monoisotopic (exact) mass is 355 g/mol. The van der Waals surface area contributed by atoms with Crippen molar-refractivity contribution in [2.75, 3.05) is 12.8 Å². The minimum absolute atomic E-state index is 0.245. The number of aromatic nitrogens is 2. The molecule has 0 bridgehead atoms. The summed E-state index contributed by atoms with van der Waals surface area (Å²) in [4.78, 5) is 10.9. The Balaban J connectivity index is 1.60. The number of sulfone groups is 1. The number of benzene rings is 2. The highest BCUT2D eigenvalue weighted by molar-refractivity contribution is 7.90. The van der Waals surface area contributed by atoms with E-state index in [4.69, 9.17) is 4.98 Å². The normalized spacial score (nSPS) is 18.8. The van der Waals surface area contributed by atoms with Gasteiger partial charge in [-0.15, -0.1) is 0 Å². The van der Waals surface area contributed by atoms with E-state index in [-0.39, 0.29) is 6.04 Å². The summed E-state index contributed by atoms with van der Waals surface area (Å²) in [5.41, 5.74) is 3.07. The minimum Gasteiger partial charge on any atom is -0.341 e.